The Morgan fingerprint density at radius 3 is 2.65 bits per heavy atom. The number of rotatable bonds is 5. The Morgan fingerprint density at radius 1 is 1.06 bits per heavy atom. The number of nitrogens with one attached hydrogen (secondary N) is 1. The number of ether oxygens (including phenoxy) is 1. The molecule has 1 unspecified atom stereocenters. The van der Waals surface area contributed by atoms with Crippen LogP contribution in [0.5, 0.6) is 5.75 Å². The van der Waals surface area contributed by atoms with Gasteiger partial charge in [0.2, 0.25) is 0 Å². The number of fused-ring (bicyclic) bond motifs is 2. The number of halogens is 2. The first-order valence-electron chi connectivity index (χ1n) is 11.1. The van der Waals surface area contributed by atoms with Crippen molar-refractivity contribution >= 4 is 22.5 Å². The van der Waals surface area contributed by atoms with Crippen LogP contribution in [0.3, 0.4) is 0 Å². The van der Waals surface area contributed by atoms with E-state index in [0.29, 0.717) is 22.2 Å². The Kier molecular flexibility index (Phi) is 5.84. The van der Waals surface area contributed by atoms with E-state index >= 15 is 0 Å². The van der Waals surface area contributed by atoms with Gasteiger partial charge in [0.25, 0.3) is 5.91 Å². The third-order valence-electron chi connectivity index (χ3n) is 6.19. The van der Waals surface area contributed by atoms with E-state index < -0.39 is 11.6 Å². The summed E-state index contributed by atoms with van der Waals surface area (Å²) in [5, 5.41) is 3.77. The molecular weight excluding hydrogens is 436 g/mol. The topological polar surface area (TPSA) is 54.5 Å². The minimum Gasteiger partial charge on any atom is -0.486 e. The second kappa shape index (κ2) is 9.09. The van der Waals surface area contributed by atoms with Crippen LogP contribution in [0.4, 0.5) is 14.5 Å². The zero-order valence-electron chi connectivity index (χ0n) is 18.6. The Hall–Kier alpha value is -4.00. The number of pyridine rings is 1. The van der Waals surface area contributed by atoms with Gasteiger partial charge in [-0.15, -0.1) is 0 Å². The summed E-state index contributed by atoms with van der Waals surface area (Å²) >= 11 is 0. The molecule has 4 aromatic rings. The lowest BCUT2D eigenvalue weighted by molar-refractivity contribution is 0.0936. The van der Waals surface area contributed by atoms with Gasteiger partial charge in [-0.3, -0.25) is 9.78 Å². The number of nitrogens with zero attached hydrogens (tertiary/aromatic N) is 2. The average molecular weight is 459 g/mol. The molecule has 5 nitrogen and oxygen atoms in total. The maximum Gasteiger partial charge on any atom is 0.252 e. The number of amides is 1. The molecule has 0 aliphatic carbocycles. The third kappa shape index (κ3) is 4.05. The van der Waals surface area contributed by atoms with Crippen LogP contribution in [0.1, 0.15) is 33.9 Å². The molecule has 1 amide bonds. The summed E-state index contributed by atoms with van der Waals surface area (Å²) in [5.74, 6) is -1.22. The highest BCUT2D eigenvalue weighted by Gasteiger charge is 2.25. The van der Waals surface area contributed by atoms with E-state index in [4.69, 9.17) is 4.74 Å². The van der Waals surface area contributed by atoms with Crippen molar-refractivity contribution in [1.82, 2.24) is 10.3 Å². The van der Waals surface area contributed by atoms with Crippen molar-refractivity contribution in [2.75, 3.05) is 18.5 Å². The predicted octanol–water partition coefficient (Wildman–Crippen LogP) is 5.40. The second-order valence-electron chi connectivity index (χ2n) is 8.29. The van der Waals surface area contributed by atoms with E-state index in [0.717, 1.165) is 24.2 Å². The van der Waals surface area contributed by atoms with E-state index in [9.17, 15) is 13.6 Å². The van der Waals surface area contributed by atoms with Crippen LogP contribution in [0, 0.1) is 11.6 Å². The lowest BCUT2D eigenvalue weighted by Crippen LogP contribution is -2.36. The Labute approximate surface area is 196 Å². The molecule has 0 saturated carbocycles. The highest BCUT2D eigenvalue weighted by molar-refractivity contribution is 6.07. The Morgan fingerprint density at radius 2 is 1.82 bits per heavy atom. The van der Waals surface area contributed by atoms with Crippen molar-refractivity contribution in [2.45, 2.75) is 19.1 Å². The second-order valence-corrected chi connectivity index (χ2v) is 8.29. The van der Waals surface area contributed by atoms with Crippen molar-refractivity contribution in [3.8, 4) is 5.75 Å². The number of hydrogen-bond donors (Lipinski definition) is 1. The number of carbonyl (C=O) groups is 1. The van der Waals surface area contributed by atoms with Crippen LogP contribution in [-0.2, 0) is 6.61 Å². The Balaban J connectivity index is 1.42. The van der Waals surface area contributed by atoms with Crippen LogP contribution in [-0.4, -0.2) is 24.5 Å². The third-order valence-corrected chi connectivity index (χ3v) is 6.19. The molecule has 1 aliphatic rings. The van der Waals surface area contributed by atoms with E-state index in [-0.39, 0.29) is 24.1 Å². The molecule has 1 aliphatic heterocycles. The van der Waals surface area contributed by atoms with Gasteiger partial charge in [-0.25, -0.2) is 8.78 Å². The van der Waals surface area contributed by atoms with Gasteiger partial charge in [0.15, 0.2) is 0 Å². The first-order chi connectivity index (χ1) is 16.5. The summed E-state index contributed by atoms with van der Waals surface area (Å²) in [6, 6.07) is 18.5. The van der Waals surface area contributed by atoms with Gasteiger partial charge in [-0.05, 0) is 42.3 Å². The first kappa shape index (κ1) is 21.8. The molecule has 3 aromatic carbocycles. The molecular formula is C27H23F2N3O2. The number of anilines is 1. The maximum absolute atomic E-state index is 14.0. The number of hydrogen-bond acceptors (Lipinski definition) is 4. The van der Waals surface area contributed by atoms with Gasteiger partial charge < -0.3 is 15.0 Å². The van der Waals surface area contributed by atoms with E-state index in [1.807, 2.05) is 25.2 Å². The van der Waals surface area contributed by atoms with E-state index in [2.05, 4.69) is 21.3 Å². The van der Waals surface area contributed by atoms with Crippen LogP contribution < -0.4 is 15.0 Å². The van der Waals surface area contributed by atoms with Crippen molar-refractivity contribution in [3.05, 3.63) is 101 Å². The smallest absolute Gasteiger partial charge is 0.252 e. The molecule has 0 radical (unpaired) electrons. The zero-order chi connectivity index (χ0) is 23.7. The maximum atomic E-state index is 14.0. The quantitative estimate of drug-likeness (QED) is 0.434. The molecule has 1 atom stereocenters. The molecule has 0 spiro atoms. The molecule has 7 heteroatoms. The SMILES string of the molecule is CN1CCC(NC(=O)c2ccnc3c(OCc4c(F)cccc4F)cccc23)c2ccccc21. The summed E-state index contributed by atoms with van der Waals surface area (Å²) in [4.78, 5) is 19.9. The van der Waals surface area contributed by atoms with Gasteiger partial charge in [0.1, 0.15) is 29.5 Å². The fraction of sp³-hybridized carbons (Fsp3) is 0.185. The minimum absolute atomic E-state index is 0.105. The molecule has 1 N–H and O–H groups in total. The van der Waals surface area contributed by atoms with Crippen LogP contribution >= 0.6 is 0 Å². The van der Waals surface area contributed by atoms with Crippen molar-refractivity contribution in [2.24, 2.45) is 0 Å². The lowest BCUT2D eigenvalue weighted by atomic mass is 9.96. The number of carbonyl (C=O) groups excluding carboxylic acids is 1. The molecule has 0 fully saturated rings. The van der Waals surface area contributed by atoms with Gasteiger partial charge in [0.05, 0.1) is 17.2 Å². The fourth-order valence-electron chi connectivity index (χ4n) is 4.40. The van der Waals surface area contributed by atoms with Crippen LogP contribution in [0.2, 0.25) is 0 Å². The fourth-order valence-corrected chi connectivity index (χ4v) is 4.40. The summed E-state index contributed by atoms with van der Waals surface area (Å²) in [7, 11) is 2.04. The van der Waals surface area contributed by atoms with Crippen molar-refractivity contribution < 1.29 is 18.3 Å². The number of para-hydroxylation sites is 2. The first-order valence-corrected chi connectivity index (χ1v) is 11.1. The molecule has 5 rings (SSSR count). The highest BCUT2D eigenvalue weighted by Crippen LogP contribution is 2.33. The number of aromatic nitrogens is 1. The Bertz CT molecular complexity index is 1360. The van der Waals surface area contributed by atoms with Gasteiger partial charge in [-0.2, -0.15) is 0 Å². The standard InChI is InChI=1S/C27H23F2N3O2/c1-32-15-13-23(19-6-2-3-10-24(19)32)31-27(33)18-12-14-30-26-17(18)7-4-11-25(26)34-16-20-21(28)8-5-9-22(20)29/h2-12,14,23H,13,15-16H2,1H3,(H,31,33). The predicted molar refractivity (Wildman–Crippen MR) is 127 cm³/mol. The largest absolute Gasteiger partial charge is 0.486 e. The summed E-state index contributed by atoms with van der Waals surface area (Å²) in [5.41, 5.74) is 2.95. The number of benzene rings is 3. The molecule has 0 bridgehead atoms. The summed E-state index contributed by atoms with van der Waals surface area (Å²) in [6.07, 6.45) is 2.33. The van der Waals surface area contributed by atoms with Crippen molar-refractivity contribution in [3.63, 3.8) is 0 Å². The molecule has 0 saturated heterocycles. The molecule has 34 heavy (non-hydrogen) atoms. The summed E-state index contributed by atoms with van der Waals surface area (Å²) in [6.45, 7) is 0.547. The van der Waals surface area contributed by atoms with E-state index in [1.54, 1.807) is 24.3 Å². The van der Waals surface area contributed by atoms with Crippen LogP contribution in [0.25, 0.3) is 10.9 Å². The highest BCUT2D eigenvalue weighted by atomic mass is 19.1. The molecule has 172 valence electrons. The molecule has 2 heterocycles. The van der Waals surface area contributed by atoms with Crippen molar-refractivity contribution in [1.29, 1.82) is 0 Å². The monoisotopic (exact) mass is 459 g/mol. The lowest BCUT2D eigenvalue weighted by Gasteiger charge is -2.33. The zero-order valence-corrected chi connectivity index (χ0v) is 18.6. The molecule has 1 aromatic heterocycles. The summed E-state index contributed by atoms with van der Waals surface area (Å²) < 4.78 is 33.7. The van der Waals surface area contributed by atoms with Gasteiger partial charge >= 0.3 is 0 Å². The van der Waals surface area contributed by atoms with Gasteiger partial charge in [-0.1, -0.05) is 36.4 Å². The normalized spacial score (nSPS) is 15.1. The minimum atomic E-state index is -0.674. The van der Waals surface area contributed by atoms with Gasteiger partial charge in [0, 0.05) is 30.9 Å². The van der Waals surface area contributed by atoms with Crippen LogP contribution in [0.15, 0.2) is 72.9 Å². The van der Waals surface area contributed by atoms with E-state index in [1.165, 1.54) is 24.4 Å². The average Bonchev–Trinajstić information content (AvgIpc) is 2.85.